The maximum atomic E-state index is 5.86. The Balaban J connectivity index is 2.15. The summed E-state index contributed by atoms with van der Waals surface area (Å²) < 4.78 is 5.85. The minimum atomic E-state index is 0.226. The van der Waals surface area contributed by atoms with Crippen LogP contribution in [0.25, 0.3) is 22.4 Å². The van der Waals surface area contributed by atoms with Crippen LogP contribution in [-0.2, 0) is 0 Å². The summed E-state index contributed by atoms with van der Waals surface area (Å²) in [5.74, 6) is 2.15. The van der Waals surface area contributed by atoms with Crippen molar-refractivity contribution in [3.63, 3.8) is 0 Å². The Labute approximate surface area is 117 Å². The highest BCUT2D eigenvalue weighted by Gasteiger charge is 2.12. The second-order valence-electron chi connectivity index (χ2n) is 5.34. The number of nitrogens with two attached hydrogens (primary N) is 1. The lowest BCUT2D eigenvalue weighted by Gasteiger charge is -2.06. The van der Waals surface area contributed by atoms with Crippen molar-refractivity contribution < 1.29 is 4.42 Å². The smallest absolute Gasteiger partial charge is 0.154 e. The Morgan fingerprint density at radius 1 is 1.10 bits per heavy atom. The zero-order valence-corrected chi connectivity index (χ0v) is 11.8. The molecule has 2 N–H and O–H groups in total. The normalized spacial score (nSPS) is 11.4. The third-order valence-corrected chi connectivity index (χ3v) is 3.20. The Morgan fingerprint density at radius 2 is 1.90 bits per heavy atom. The molecule has 0 amide bonds. The van der Waals surface area contributed by atoms with Gasteiger partial charge in [0.15, 0.2) is 5.76 Å². The van der Waals surface area contributed by atoms with E-state index in [1.54, 1.807) is 6.07 Å². The Morgan fingerprint density at radius 3 is 2.65 bits per heavy atom. The molecule has 0 unspecified atom stereocenters. The molecule has 2 aromatic heterocycles. The van der Waals surface area contributed by atoms with Crippen molar-refractivity contribution in [2.45, 2.75) is 26.7 Å². The molecule has 0 aliphatic carbocycles. The fraction of sp³-hybridized carbons (Fsp3) is 0.250. The highest BCUT2D eigenvalue weighted by atomic mass is 16.3. The van der Waals surface area contributed by atoms with Gasteiger partial charge in [0.05, 0.1) is 0 Å². The van der Waals surface area contributed by atoms with Gasteiger partial charge in [0, 0.05) is 17.4 Å². The first-order valence-electron chi connectivity index (χ1n) is 6.68. The fourth-order valence-electron chi connectivity index (χ4n) is 2.16. The summed E-state index contributed by atoms with van der Waals surface area (Å²) in [6, 6.07) is 9.84. The third-order valence-electron chi connectivity index (χ3n) is 3.20. The van der Waals surface area contributed by atoms with E-state index in [-0.39, 0.29) is 5.92 Å². The molecule has 102 valence electrons. The van der Waals surface area contributed by atoms with Gasteiger partial charge in [-0.05, 0) is 25.1 Å². The van der Waals surface area contributed by atoms with Gasteiger partial charge in [-0.3, -0.25) is 0 Å². The molecule has 2 heterocycles. The van der Waals surface area contributed by atoms with Crippen molar-refractivity contribution in [1.82, 2.24) is 9.97 Å². The van der Waals surface area contributed by atoms with Crippen LogP contribution in [0.4, 0.5) is 5.82 Å². The summed E-state index contributed by atoms with van der Waals surface area (Å²) in [5.41, 5.74) is 8.65. The molecule has 0 spiro atoms. The topological polar surface area (TPSA) is 64.9 Å². The first-order valence-corrected chi connectivity index (χ1v) is 6.68. The average Bonchev–Trinajstić information content (AvgIpc) is 2.80. The molecule has 4 nitrogen and oxygen atoms in total. The van der Waals surface area contributed by atoms with Crippen LogP contribution in [0.3, 0.4) is 0 Å². The monoisotopic (exact) mass is 267 g/mol. The van der Waals surface area contributed by atoms with E-state index in [9.17, 15) is 0 Å². The van der Waals surface area contributed by atoms with E-state index >= 15 is 0 Å². The quantitative estimate of drug-likeness (QED) is 0.764. The van der Waals surface area contributed by atoms with E-state index in [1.165, 1.54) is 5.56 Å². The molecule has 1 aromatic carbocycles. The van der Waals surface area contributed by atoms with Gasteiger partial charge in [0.1, 0.15) is 22.9 Å². The van der Waals surface area contributed by atoms with Crippen LogP contribution in [0.1, 0.15) is 31.2 Å². The van der Waals surface area contributed by atoms with Crippen molar-refractivity contribution in [2.75, 3.05) is 5.73 Å². The van der Waals surface area contributed by atoms with Crippen LogP contribution in [0.5, 0.6) is 0 Å². The average molecular weight is 267 g/mol. The molecule has 0 saturated heterocycles. The Hall–Kier alpha value is -2.36. The van der Waals surface area contributed by atoms with Crippen molar-refractivity contribution in [3.8, 4) is 11.5 Å². The molecule has 3 aromatic rings. The predicted octanol–water partition coefficient (Wildman–Crippen LogP) is 3.90. The van der Waals surface area contributed by atoms with Crippen LogP contribution in [0.15, 0.2) is 34.7 Å². The third kappa shape index (κ3) is 2.25. The van der Waals surface area contributed by atoms with E-state index in [1.807, 2.05) is 32.0 Å². The molecule has 20 heavy (non-hydrogen) atoms. The van der Waals surface area contributed by atoms with Crippen molar-refractivity contribution in [3.05, 3.63) is 41.7 Å². The van der Waals surface area contributed by atoms with Crippen molar-refractivity contribution in [1.29, 1.82) is 0 Å². The molecule has 0 aliphatic heterocycles. The molecular formula is C16H17N3O. The minimum Gasteiger partial charge on any atom is -0.454 e. The van der Waals surface area contributed by atoms with Gasteiger partial charge in [-0.2, -0.15) is 0 Å². The summed E-state index contributed by atoms with van der Waals surface area (Å²) in [4.78, 5) is 8.79. The summed E-state index contributed by atoms with van der Waals surface area (Å²) in [6.07, 6.45) is 0. The van der Waals surface area contributed by atoms with Gasteiger partial charge in [-0.15, -0.1) is 0 Å². The number of hydrogen-bond acceptors (Lipinski definition) is 4. The summed E-state index contributed by atoms with van der Waals surface area (Å²) in [6.45, 7) is 6.15. The van der Waals surface area contributed by atoms with E-state index in [2.05, 4.69) is 23.0 Å². The van der Waals surface area contributed by atoms with E-state index in [0.717, 1.165) is 28.2 Å². The van der Waals surface area contributed by atoms with E-state index in [0.29, 0.717) is 5.82 Å². The summed E-state index contributed by atoms with van der Waals surface area (Å²) in [7, 11) is 0. The second kappa shape index (κ2) is 4.63. The zero-order valence-electron chi connectivity index (χ0n) is 11.8. The Kier molecular flexibility index (Phi) is 2.93. The molecular weight excluding hydrogens is 250 g/mol. The van der Waals surface area contributed by atoms with Crippen LogP contribution in [0, 0.1) is 6.92 Å². The number of nitrogens with zero attached hydrogens (tertiary/aromatic N) is 2. The van der Waals surface area contributed by atoms with Crippen LogP contribution in [0.2, 0.25) is 0 Å². The molecule has 4 heteroatoms. The molecule has 3 rings (SSSR count). The number of aromatic nitrogens is 2. The number of fused-ring (bicyclic) bond motifs is 1. The highest BCUT2D eigenvalue weighted by molar-refractivity contribution is 5.83. The SMILES string of the molecule is Cc1ccc2oc(-c3cc(N)nc(C(C)C)n3)cc2c1. The number of furan rings is 1. The lowest BCUT2D eigenvalue weighted by molar-refractivity contribution is 0.626. The fourth-order valence-corrected chi connectivity index (χ4v) is 2.16. The molecule has 0 fully saturated rings. The van der Waals surface area contributed by atoms with Gasteiger partial charge in [0.25, 0.3) is 0 Å². The number of nitrogen functional groups attached to an aromatic ring is 1. The van der Waals surface area contributed by atoms with Crippen molar-refractivity contribution >= 4 is 16.8 Å². The number of aryl methyl sites for hydroxylation is 1. The van der Waals surface area contributed by atoms with Crippen LogP contribution < -0.4 is 5.73 Å². The number of benzene rings is 1. The van der Waals surface area contributed by atoms with Crippen LogP contribution in [-0.4, -0.2) is 9.97 Å². The molecule has 0 saturated carbocycles. The summed E-state index contributed by atoms with van der Waals surface area (Å²) >= 11 is 0. The number of anilines is 1. The molecule has 0 atom stereocenters. The van der Waals surface area contributed by atoms with Gasteiger partial charge >= 0.3 is 0 Å². The Bertz CT molecular complexity index is 774. The second-order valence-corrected chi connectivity index (χ2v) is 5.34. The van der Waals surface area contributed by atoms with E-state index < -0.39 is 0 Å². The lowest BCUT2D eigenvalue weighted by Crippen LogP contribution is -2.02. The van der Waals surface area contributed by atoms with Gasteiger partial charge in [-0.1, -0.05) is 25.5 Å². The van der Waals surface area contributed by atoms with Crippen LogP contribution >= 0.6 is 0 Å². The first-order chi connectivity index (χ1) is 9.52. The number of rotatable bonds is 2. The standard InChI is InChI=1S/C16H17N3O/c1-9(2)16-18-12(8-15(17)19-16)14-7-11-6-10(3)4-5-13(11)20-14/h4-9H,1-3H3,(H2,17,18,19). The maximum absolute atomic E-state index is 5.86. The lowest BCUT2D eigenvalue weighted by atomic mass is 10.1. The highest BCUT2D eigenvalue weighted by Crippen LogP contribution is 2.28. The zero-order chi connectivity index (χ0) is 14.3. The molecule has 0 bridgehead atoms. The molecule has 0 aliphatic rings. The predicted molar refractivity (Wildman–Crippen MR) is 80.5 cm³/mol. The van der Waals surface area contributed by atoms with E-state index in [4.69, 9.17) is 10.2 Å². The van der Waals surface area contributed by atoms with Gasteiger partial charge < -0.3 is 10.2 Å². The minimum absolute atomic E-state index is 0.226. The van der Waals surface area contributed by atoms with Gasteiger partial charge in [-0.25, -0.2) is 9.97 Å². The molecule has 0 radical (unpaired) electrons. The van der Waals surface area contributed by atoms with Crippen molar-refractivity contribution in [2.24, 2.45) is 0 Å². The largest absolute Gasteiger partial charge is 0.454 e. The summed E-state index contributed by atoms with van der Waals surface area (Å²) in [5, 5.41) is 1.07. The number of hydrogen-bond donors (Lipinski definition) is 1. The van der Waals surface area contributed by atoms with Gasteiger partial charge in [0.2, 0.25) is 0 Å². The first kappa shape index (κ1) is 12.7. The maximum Gasteiger partial charge on any atom is 0.154 e.